The molecule has 1 rings (SSSR count). The lowest BCUT2D eigenvalue weighted by molar-refractivity contribution is 0.823. The number of azide groups is 1. The number of rotatable bonds is 3. The summed E-state index contributed by atoms with van der Waals surface area (Å²) in [6.45, 7) is 0. The van der Waals surface area contributed by atoms with Crippen LogP contribution in [-0.2, 0) is 6.42 Å². The Balaban J connectivity index is 2.74. The van der Waals surface area contributed by atoms with E-state index in [9.17, 15) is 0 Å². The molecule has 0 fully saturated rings. The number of hydrogen-bond acceptors (Lipinski definition) is 3. The first-order chi connectivity index (χ1) is 6.76. The molecular formula is C9H9N5. The Bertz CT molecular complexity index is 383. The summed E-state index contributed by atoms with van der Waals surface area (Å²) in [7, 11) is 0. The number of nitriles is 1. The number of nitrogens with two attached hydrogens (primary N) is 1. The van der Waals surface area contributed by atoms with Crippen molar-refractivity contribution in [3.63, 3.8) is 0 Å². The van der Waals surface area contributed by atoms with Crippen molar-refractivity contribution in [2.75, 3.05) is 0 Å². The van der Waals surface area contributed by atoms with E-state index in [0.717, 1.165) is 5.56 Å². The van der Waals surface area contributed by atoms with Gasteiger partial charge in [0.25, 0.3) is 0 Å². The summed E-state index contributed by atoms with van der Waals surface area (Å²) in [4.78, 5) is 2.66. The lowest BCUT2D eigenvalue weighted by atomic mass is 10.1. The van der Waals surface area contributed by atoms with E-state index in [1.54, 1.807) is 24.3 Å². The molecule has 0 heterocycles. The molecule has 0 aliphatic carbocycles. The van der Waals surface area contributed by atoms with Crippen molar-refractivity contribution < 1.29 is 0 Å². The first-order valence-corrected chi connectivity index (χ1v) is 4.05. The average molecular weight is 187 g/mol. The largest absolute Gasteiger partial charge is 0.316 e. The highest BCUT2D eigenvalue weighted by molar-refractivity contribution is 5.38. The van der Waals surface area contributed by atoms with Gasteiger partial charge < -0.3 is 5.73 Å². The van der Waals surface area contributed by atoms with E-state index in [4.69, 9.17) is 16.5 Å². The molecule has 5 heteroatoms. The van der Waals surface area contributed by atoms with Crippen LogP contribution in [0, 0.1) is 11.3 Å². The third kappa shape index (κ3) is 2.79. The van der Waals surface area contributed by atoms with Crippen LogP contribution < -0.4 is 5.73 Å². The van der Waals surface area contributed by atoms with Crippen LogP contribution in [-0.4, -0.2) is 6.04 Å². The normalized spacial score (nSPS) is 11.1. The summed E-state index contributed by atoms with van der Waals surface area (Å²) in [6, 6.07) is 8.44. The Morgan fingerprint density at radius 2 is 2.14 bits per heavy atom. The zero-order valence-electron chi connectivity index (χ0n) is 7.46. The summed E-state index contributed by atoms with van der Waals surface area (Å²) in [5.41, 5.74) is 15.1. The molecule has 14 heavy (non-hydrogen) atoms. The number of hydrogen-bond donors (Lipinski definition) is 1. The minimum absolute atomic E-state index is 0.486. The molecule has 5 nitrogen and oxygen atoms in total. The van der Waals surface area contributed by atoms with Gasteiger partial charge in [-0.1, -0.05) is 29.4 Å². The predicted molar refractivity (Wildman–Crippen MR) is 52.5 cm³/mol. The Morgan fingerprint density at radius 3 is 2.64 bits per heavy atom. The zero-order valence-corrected chi connectivity index (χ0v) is 7.46. The fourth-order valence-electron chi connectivity index (χ4n) is 1.05. The third-order valence-corrected chi connectivity index (χ3v) is 1.72. The summed E-state index contributed by atoms with van der Waals surface area (Å²) < 4.78 is 0. The van der Waals surface area contributed by atoms with E-state index in [0.29, 0.717) is 12.1 Å². The second kappa shape index (κ2) is 4.87. The molecule has 1 unspecified atom stereocenters. The van der Waals surface area contributed by atoms with Crippen LogP contribution in [0.15, 0.2) is 29.4 Å². The molecule has 0 saturated carbocycles. The fourth-order valence-corrected chi connectivity index (χ4v) is 1.05. The lowest BCUT2D eigenvalue weighted by Crippen LogP contribution is -2.19. The third-order valence-electron chi connectivity index (χ3n) is 1.72. The van der Waals surface area contributed by atoms with Gasteiger partial charge in [0.2, 0.25) is 0 Å². The van der Waals surface area contributed by atoms with E-state index in [1.165, 1.54) is 0 Å². The molecule has 0 aromatic heterocycles. The molecule has 0 spiro atoms. The Labute approximate surface area is 81.4 Å². The molecular weight excluding hydrogens is 178 g/mol. The van der Waals surface area contributed by atoms with Gasteiger partial charge in [-0.2, -0.15) is 5.26 Å². The topological polar surface area (TPSA) is 98.6 Å². The Kier molecular flexibility index (Phi) is 3.50. The Morgan fingerprint density at radius 1 is 1.50 bits per heavy atom. The molecule has 0 aliphatic heterocycles. The van der Waals surface area contributed by atoms with Crippen molar-refractivity contribution in [1.82, 2.24) is 0 Å². The van der Waals surface area contributed by atoms with Gasteiger partial charge in [-0.3, -0.25) is 0 Å². The van der Waals surface area contributed by atoms with Crippen LogP contribution in [0.3, 0.4) is 0 Å². The minimum atomic E-state index is -0.486. The maximum atomic E-state index is 8.49. The van der Waals surface area contributed by atoms with Crippen LogP contribution in [0.25, 0.3) is 10.4 Å². The van der Waals surface area contributed by atoms with Gasteiger partial charge in [0.05, 0.1) is 12.1 Å². The zero-order chi connectivity index (χ0) is 10.4. The van der Waals surface area contributed by atoms with Gasteiger partial charge in [-0.15, -0.1) is 0 Å². The van der Waals surface area contributed by atoms with E-state index in [2.05, 4.69) is 10.0 Å². The molecule has 1 aromatic rings. The summed E-state index contributed by atoms with van der Waals surface area (Å²) in [5.74, 6) is 0. The summed E-state index contributed by atoms with van der Waals surface area (Å²) in [5, 5.41) is 11.9. The first kappa shape index (κ1) is 10.1. The first-order valence-electron chi connectivity index (χ1n) is 4.05. The molecule has 0 aliphatic rings. The molecule has 0 bridgehead atoms. The lowest BCUT2D eigenvalue weighted by Gasteiger charge is -2.02. The molecule has 0 radical (unpaired) electrons. The van der Waals surface area contributed by atoms with Crippen molar-refractivity contribution in [3.05, 3.63) is 40.3 Å². The van der Waals surface area contributed by atoms with Crippen LogP contribution in [0.4, 0.5) is 5.69 Å². The molecule has 1 atom stereocenters. The molecule has 2 N–H and O–H groups in total. The van der Waals surface area contributed by atoms with Crippen molar-refractivity contribution in [3.8, 4) is 6.07 Å². The molecule has 70 valence electrons. The maximum absolute atomic E-state index is 8.49. The molecule has 0 amide bonds. The quantitative estimate of drug-likeness (QED) is 0.444. The second-order valence-electron chi connectivity index (χ2n) is 2.80. The highest BCUT2D eigenvalue weighted by Crippen LogP contribution is 2.13. The van der Waals surface area contributed by atoms with Crippen LogP contribution in [0.1, 0.15) is 5.56 Å². The fraction of sp³-hybridized carbons (Fsp3) is 0.222. The molecule has 0 saturated heterocycles. The van der Waals surface area contributed by atoms with Gasteiger partial charge >= 0.3 is 0 Å². The van der Waals surface area contributed by atoms with Gasteiger partial charge in [0.1, 0.15) is 0 Å². The van der Waals surface area contributed by atoms with Gasteiger partial charge in [-0.05, 0) is 11.1 Å². The average Bonchev–Trinajstić information content (AvgIpc) is 2.21. The SMILES string of the molecule is N#CC(N)Cc1ccc(N=[N+]=[N-])cc1. The maximum Gasteiger partial charge on any atom is 0.0968 e. The predicted octanol–water partition coefficient (Wildman–Crippen LogP) is 2.02. The smallest absolute Gasteiger partial charge is 0.0968 e. The van der Waals surface area contributed by atoms with Crippen LogP contribution in [0.5, 0.6) is 0 Å². The van der Waals surface area contributed by atoms with Crippen LogP contribution in [0.2, 0.25) is 0 Å². The highest BCUT2D eigenvalue weighted by Gasteiger charge is 2.01. The van der Waals surface area contributed by atoms with Crippen LogP contribution >= 0.6 is 0 Å². The number of nitrogens with zero attached hydrogens (tertiary/aromatic N) is 4. The minimum Gasteiger partial charge on any atom is -0.316 e. The Hall–Kier alpha value is -2.02. The summed E-state index contributed by atoms with van der Waals surface area (Å²) in [6.07, 6.45) is 0.507. The monoisotopic (exact) mass is 187 g/mol. The standard InChI is InChI=1S/C9H9N5/c10-6-8(11)5-7-1-3-9(4-2-7)13-14-12/h1-4,8H,5,11H2. The van der Waals surface area contributed by atoms with Crippen molar-refractivity contribution >= 4 is 5.69 Å². The van der Waals surface area contributed by atoms with Gasteiger partial charge in [0, 0.05) is 17.0 Å². The van der Waals surface area contributed by atoms with E-state index in [-0.39, 0.29) is 0 Å². The van der Waals surface area contributed by atoms with E-state index < -0.39 is 6.04 Å². The highest BCUT2D eigenvalue weighted by atomic mass is 15.1. The number of benzene rings is 1. The second-order valence-corrected chi connectivity index (χ2v) is 2.80. The van der Waals surface area contributed by atoms with Crippen molar-refractivity contribution in [1.29, 1.82) is 5.26 Å². The van der Waals surface area contributed by atoms with E-state index in [1.807, 2.05) is 6.07 Å². The van der Waals surface area contributed by atoms with Gasteiger partial charge in [0.15, 0.2) is 0 Å². The molecule has 1 aromatic carbocycles. The summed E-state index contributed by atoms with van der Waals surface area (Å²) >= 11 is 0. The van der Waals surface area contributed by atoms with Crippen molar-refractivity contribution in [2.45, 2.75) is 12.5 Å². The van der Waals surface area contributed by atoms with Crippen molar-refractivity contribution in [2.24, 2.45) is 10.8 Å². The van der Waals surface area contributed by atoms with E-state index >= 15 is 0 Å². The van der Waals surface area contributed by atoms with Gasteiger partial charge in [-0.25, -0.2) is 0 Å².